The zero-order valence-electron chi connectivity index (χ0n) is 14.2. The molecule has 1 atom stereocenters. The van der Waals surface area contributed by atoms with Crippen molar-refractivity contribution in [3.8, 4) is 5.75 Å². The average molecular weight is 316 g/mol. The lowest BCUT2D eigenvalue weighted by Crippen LogP contribution is -2.44. The molecule has 4 nitrogen and oxygen atoms in total. The van der Waals surface area contributed by atoms with Gasteiger partial charge in [-0.3, -0.25) is 9.69 Å². The van der Waals surface area contributed by atoms with Crippen LogP contribution in [0.25, 0.3) is 0 Å². The van der Waals surface area contributed by atoms with Gasteiger partial charge in [-0.1, -0.05) is 24.6 Å². The molecule has 0 aromatic heterocycles. The van der Waals surface area contributed by atoms with Crippen molar-refractivity contribution in [3.63, 3.8) is 0 Å². The molecule has 1 aromatic carbocycles. The Labute approximate surface area is 139 Å². The molecule has 2 fully saturated rings. The van der Waals surface area contributed by atoms with Crippen LogP contribution >= 0.6 is 0 Å². The summed E-state index contributed by atoms with van der Waals surface area (Å²) in [6.07, 6.45) is 6.66. The molecular weight excluding hydrogens is 288 g/mol. The first-order valence-electron chi connectivity index (χ1n) is 8.91. The second-order valence-corrected chi connectivity index (χ2v) is 6.72. The average Bonchev–Trinajstić information content (AvgIpc) is 3.00. The van der Waals surface area contributed by atoms with Gasteiger partial charge in [0.1, 0.15) is 5.75 Å². The van der Waals surface area contributed by atoms with Crippen LogP contribution in [0.2, 0.25) is 0 Å². The van der Waals surface area contributed by atoms with Gasteiger partial charge in [0.15, 0.2) is 0 Å². The summed E-state index contributed by atoms with van der Waals surface area (Å²) in [6.45, 7) is 4.21. The van der Waals surface area contributed by atoms with Gasteiger partial charge in [0.2, 0.25) is 5.91 Å². The summed E-state index contributed by atoms with van der Waals surface area (Å²) < 4.78 is 5.38. The summed E-state index contributed by atoms with van der Waals surface area (Å²) in [6, 6.07) is 8.40. The largest absolute Gasteiger partial charge is 0.496 e. The van der Waals surface area contributed by atoms with Gasteiger partial charge in [-0.2, -0.15) is 0 Å². The van der Waals surface area contributed by atoms with Crippen LogP contribution in [0.3, 0.4) is 0 Å². The van der Waals surface area contributed by atoms with Gasteiger partial charge < -0.3 is 9.64 Å². The zero-order chi connectivity index (χ0) is 16.1. The number of rotatable bonds is 4. The smallest absolute Gasteiger partial charge is 0.227 e. The molecule has 0 bridgehead atoms. The number of hydrogen-bond donors (Lipinski definition) is 0. The molecule has 1 aromatic rings. The number of ether oxygens (including phenoxy) is 1. The van der Waals surface area contributed by atoms with E-state index < -0.39 is 0 Å². The van der Waals surface area contributed by atoms with E-state index >= 15 is 0 Å². The molecule has 2 saturated heterocycles. The molecule has 0 saturated carbocycles. The molecule has 0 aliphatic carbocycles. The van der Waals surface area contributed by atoms with Crippen LogP contribution in [0.5, 0.6) is 5.75 Å². The molecule has 126 valence electrons. The molecule has 3 rings (SSSR count). The highest BCUT2D eigenvalue weighted by Gasteiger charge is 2.28. The van der Waals surface area contributed by atoms with Gasteiger partial charge in [-0.05, 0) is 44.8 Å². The maximum atomic E-state index is 12.8. The molecule has 1 unspecified atom stereocenters. The van der Waals surface area contributed by atoms with E-state index in [0.29, 0.717) is 12.5 Å². The van der Waals surface area contributed by atoms with Crippen molar-refractivity contribution in [3.05, 3.63) is 29.8 Å². The maximum absolute atomic E-state index is 12.8. The van der Waals surface area contributed by atoms with Crippen molar-refractivity contribution >= 4 is 5.91 Å². The Morgan fingerprint density at radius 2 is 1.87 bits per heavy atom. The standard InChI is InChI=1S/C19H28N2O2/c1-23-18-10-3-2-8-16(18)14-19(22)21-13-5-4-9-17(15-21)20-11-6-7-12-20/h2-3,8,10,17H,4-7,9,11-15H2,1H3. The predicted molar refractivity (Wildman–Crippen MR) is 91.7 cm³/mol. The first-order chi connectivity index (χ1) is 11.3. The second-order valence-electron chi connectivity index (χ2n) is 6.72. The van der Waals surface area contributed by atoms with Gasteiger partial charge in [-0.15, -0.1) is 0 Å². The highest BCUT2D eigenvalue weighted by molar-refractivity contribution is 5.79. The minimum atomic E-state index is 0.237. The van der Waals surface area contributed by atoms with Crippen LogP contribution in [-0.2, 0) is 11.2 Å². The SMILES string of the molecule is COc1ccccc1CC(=O)N1CCCCC(N2CCCC2)C1. The highest BCUT2D eigenvalue weighted by atomic mass is 16.5. The lowest BCUT2D eigenvalue weighted by molar-refractivity contribution is -0.131. The summed E-state index contributed by atoms with van der Waals surface area (Å²) in [4.78, 5) is 17.5. The van der Waals surface area contributed by atoms with Crippen LogP contribution < -0.4 is 4.74 Å². The summed E-state index contributed by atoms with van der Waals surface area (Å²) in [5, 5.41) is 0. The number of nitrogens with zero attached hydrogens (tertiary/aromatic N) is 2. The van der Waals surface area contributed by atoms with E-state index in [0.717, 1.165) is 30.8 Å². The molecular formula is C19H28N2O2. The number of benzene rings is 1. The second kappa shape index (κ2) is 7.82. The van der Waals surface area contributed by atoms with Crippen molar-refractivity contribution < 1.29 is 9.53 Å². The van der Waals surface area contributed by atoms with Gasteiger partial charge in [0, 0.05) is 24.7 Å². The lowest BCUT2D eigenvalue weighted by atomic mass is 10.1. The highest BCUT2D eigenvalue weighted by Crippen LogP contribution is 2.22. The molecule has 4 heteroatoms. The summed E-state index contributed by atoms with van der Waals surface area (Å²) in [5.41, 5.74) is 0.988. The van der Waals surface area contributed by atoms with Gasteiger partial charge in [-0.25, -0.2) is 0 Å². The molecule has 2 aliphatic rings. The quantitative estimate of drug-likeness (QED) is 0.856. The van der Waals surface area contributed by atoms with E-state index in [1.807, 2.05) is 24.3 Å². The third-order valence-corrected chi connectivity index (χ3v) is 5.19. The van der Waals surface area contributed by atoms with Crippen LogP contribution in [0, 0.1) is 0 Å². The molecule has 23 heavy (non-hydrogen) atoms. The van der Waals surface area contributed by atoms with E-state index in [9.17, 15) is 4.79 Å². The number of hydrogen-bond acceptors (Lipinski definition) is 3. The predicted octanol–water partition coefficient (Wildman–Crippen LogP) is 2.71. The van der Waals surface area contributed by atoms with Crippen molar-refractivity contribution in [1.29, 1.82) is 0 Å². The topological polar surface area (TPSA) is 32.8 Å². The van der Waals surface area contributed by atoms with Crippen LogP contribution in [0.1, 0.15) is 37.7 Å². The molecule has 0 N–H and O–H groups in total. The minimum Gasteiger partial charge on any atom is -0.496 e. The van der Waals surface area contributed by atoms with Crippen LogP contribution in [-0.4, -0.2) is 55.0 Å². The first kappa shape index (κ1) is 16.3. The van der Waals surface area contributed by atoms with E-state index in [2.05, 4.69) is 9.80 Å². The van der Waals surface area contributed by atoms with E-state index in [1.165, 1.54) is 38.8 Å². The fraction of sp³-hybridized carbons (Fsp3) is 0.632. The first-order valence-corrected chi connectivity index (χ1v) is 8.91. The van der Waals surface area contributed by atoms with Gasteiger partial charge >= 0.3 is 0 Å². The molecule has 0 radical (unpaired) electrons. The Morgan fingerprint density at radius 1 is 1.13 bits per heavy atom. The number of methoxy groups -OCH3 is 1. The number of para-hydroxylation sites is 1. The third-order valence-electron chi connectivity index (χ3n) is 5.19. The van der Waals surface area contributed by atoms with E-state index in [4.69, 9.17) is 4.74 Å². The minimum absolute atomic E-state index is 0.237. The van der Waals surface area contributed by atoms with Crippen molar-refractivity contribution in [2.75, 3.05) is 33.3 Å². The van der Waals surface area contributed by atoms with Crippen molar-refractivity contribution in [1.82, 2.24) is 9.80 Å². The number of amides is 1. The fourth-order valence-corrected chi connectivity index (χ4v) is 3.87. The lowest BCUT2D eigenvalue weighted by Gasteiger charge is -2.31. The molecule has 1 amide bonds. The van der Waals surface area contributed by atoms with E-state index in [1.54, 1.807) is 7.11 Å². The number of carbonyl (C=O) groups is 1. The van der Waals surface area contributed by atoms with Crippen LogP contribution in [0.4, 0.5) is 0 Å². The molecule has 2 aliphatic heterocycles. The van der Waals surface area contributed by atoms with Gasteiger partial charge in [0.05, 0.1) is 13.5 Å². The Kier molecular flexibility index (Phi) is 5.55. The maximum Gasteiger partial charge on any atom is 0.227 e. The Balaban J connectivity index is 1.65. The Hall–Kier alpha value is -1.55. The van der Waals surface area contributed by atoms with Gasteiger partial charge in [0.25, 0.3) is 0 Å². The Bertz CT molecular complexity index is 526. The normalized spacial score (nSPS) is 22.8. The number of likely N-dealkylation sites (tertiary alicyclic amines) is 2. The Morgan fingerprint density at radius 3 is 2.65 bits per heavy atom. The molecule has 0 spiro atoms. The summed E-state index contributed by atoms with van der Waals surface area (Å²) >= 11 is 0. The van der Waals surface area contributed by atoms with Crippen molar-refractivity contribution in [2.24, 2.45) is 0 Å². The molecule has 2 heterocycles. The van der Waals surface area contributed by atoms with Crippen LogP contribution in [0.15, 0.2) is 24.3 Å². The fourth-order valence-electron chi connectivity index (χ4n) is 3.87. The monoisotopic (exact) mass is 316 g/mol. The van der Waals surface area contributed by atoms with E-state index in [-0.39, 0.29) is 5.91 Å². The summed E-state index contributed by atoms with van der Waals surface area (Å²) in [5.74, 6) is 1.05. The number of carbonyl (C=O) groups excluding carboxylic acids is 1. The third kappa shape index (κ3) is 4.05. The summed E-state index contributed by atoms with van der Waals surface area (Å²) in [7, 11) is 1.67. The van der Waals surface area contributed by atoms with Crippen molar-refractivity contribution in [2.45, 2.75) is 44.6 Å². The zero-order valence-corrected chi connectivity index (χ0v) is 14.2.